The molecule has 8 nitrogen and oxygen atoms in total. The highest BCUT2D eigenvalue weighted by Crippen LogP contribution is 2.35. The first kappa shape index (κ1) is 30.6. The van der Waals surface area contributed by atoms with E-state index in [1.165, 1.54) is 6.08 Å². The summed E-state index contributed by atoms with van der Waals surface area (Å²) in [5.41, 5.74) is -0.370. The molecule has 0 heterocycles. The Balaban J connectivity index is 2.34. The van der Waals surface area contributed by atoms with Crippen molar-refractivity contribution in [2.75, 3.05) is 17.5 Å². The highest BCUT2D eigenvalue weighted by atomic mass is 35.6. The summed E-state index contributed by atoms with van der Waals surface area (Å²) in [6.45, 7) is 1.11. The number of ether oxygens (including phenoxy) is 2. The van der Waals surface area contributed by atoms with Gasteiger partial charge in [-0.25, -0.2) is 21.9 Å². The number of benzene rings is 1. The average molecular weight is 607 g/mol. The van der Waals surface area contributed by atoms with Crippen LogP contribution in [-0.4, -0.2) is 48.5 Å². The smallest absolute Gasteiger partial charge is 0.335 e. The van der Waals surface area contributed by atoms with Crippen molar-refractivity contribution in [3.05, 3.63) is 40.7 Å². The molecule has 0 aliphatic heterocycles. The fourth-order valence-electron chi connectivity index (χ4n) is 3.49. The van der Waals surface area contributed by atoms with Gasteiger partial charge in [0.2, 0.25) is 19.7 Å². The van der Waals surface area contributed by atoms with Crippen LogP contribution in [0, 0.1) is 5.82 Å². The van der Waals surface area contributed by atoms with E-state index in [1.54, 1.807) is 6.92 Å². The van der Waals surface area contributed by atoms with Crippen LogP contribution in [-0.2, 0) is 33.9 Å². The van der Waals surface area contributed by atoms with E-state index in [4.69, 9.17) is 55.9 Å². The Morgan fingerprint density at radius 3 is 2.47 bits per heavy atom. The van der Waals surface area contributed by atoms with Crippen LogP contribution >= 0.6 is 46.4 Å². The van der Waals surface area contributed by atoms with Crippen molar-refractivity contribution in [1.29, 1.82) is 0 Å². The number of anilines is 1. The van der Waals surface area contributed by atoms with E-state index in [9.17, 15) is 27.2 Å². The third kappa shape index (κ3) is 8.48. The molecule has 0 saturated carbocycles. The zero-order valence-corrected chi connectivity index (χ0v) is 23.0. The van der Waals surface area contributed by atoms with Gasteiger partial charge in [0, 0.05) is 12.8 Å². The summed E-state index contributed by atoms with van der Waals surface area (Å²) in [5, 5.41) is -1.71. The van der Waals surface area contributed by atoms with Gasteiger partial charge in [-0.1, -0.05) is 52.5 Å². The summed E-state index contributed by atoms with van der Waals surface area (Å²) in [5.74, 6) is -3.25. The molecule has 0 N–H and O–H groups in total. The van der Waals surface area contributed by atoms with Crippen LogP contribution in [0.3, 0.4) is 0 Å². The lowest BCUT2D eigenvalue weighted by Crippen LogP contribution is -2.45. The number of nitrogens with zero attached hydrogens (tertiary/aromatic N) is 1. The first-order valence-corrected chi connectivity index (χ1v) is 13.9. The third-order valence-corrected chi connectivity index (χ3v) is 7.78. The normalized spacial score (nSPS) is 16.2. The van der Waals surface area contributed by atoms with Crippen LogP contribution in [0.1, 0.15) is 45.4 Å². The average Bonchev–Trinajstić information content (AvgIpc) is 2.79. The molecule has 1 amide bonds. The number of carbonyl (C=O) groups is 3. The maximum absolute atomic E-state index is 13.8. The van der Waals surface area contributed by atoms with Crippen LogP contribution in [0.25, 0.3) is 0 Å². The molecule has 2 rings (SSSR count). The Hall–Kier alpha value is -1.59. The summed E-state index contributed by atoms with van der Waals surface area (Å²) in [7, 11) is -4.57. The summed E-state index contributed by atoms with van der Waals surface area (Å²) in [6, 6.07) is 2.87. The van der Waals surface area contributed by atoms with Crippen molar-refractivity contribution < 1.29 is 36.7 Å². The molecule has 0 fully saturated rings. The summed E-state index contributed by atoms with van der Waals surface area (Å²) >= 11 is 22.7. The molecular formula is C22H24Cl4FNO7S. The van der Waals surface area contributed by atoms with Gasteiger partial charge in [-0.3, -0.25) is 9.59 Å². The number of amides is 1. The van der Waals surface area contributed by atoms with E-state index in [1.807, 2.05) is 0 Å². The largest absolute Gasteiger partial charge is 0.463 e. The Bertz CT molecular complexity index is 1120. The van der Waals surface area contributed by atoms with Crippen LogP contribution in [0.2, 0.25) is 5.02 Å². The molecule has 1 aliphatic carbocycles. The van der Waals surface area contributed by atoms with Gasteiger partial charge in [-0.15, -0.1) is 0 Å². The van der Waals surface area contributed by atoms with E-state index in [-0.39, 0.29) is 42.2 Å². The topological polar surface area (TPSA) is 107 Å². The van der Waals surface area contributed by atoms with E-state index < -0.39 is 55.8 Å². The standard InChI is InChI=1S/C22H24Cl4FNO7S/c1-2-34-21(31)15-6-3-4-7-18(15)36(32,33)28(17-11-10-14(27)12-16(17)23)19(29)8-5-9-20(30)35-13-22(24,25)26/h6,10-12,18H,2-5,7-9,13H2,1H3. The van der Waals surface area contributed by atoms with Gasteiger partial charge >= 0.3 is 11.9 Å². The van der Waals surface area contributed by atoms with Crippen molar-refractivity contribution in [3.63, 3.8) is 0 Å². The van der Waals surface area contributed by atoms with Crippen molar-refractivity contribution in [3.8, 4) is 0 Å². The molecule has 14 heteroatoms. The van der Waals surface area contributed by atoms with Gasteiger partial charge in [0.25, 0.3) is 0 Å². The van der Waals surface area contributed by atoms with Crippen LogP contribution in [0.15, 0.2) is 29.8 Å². The quantitative estimate of drug-likeness (QED) is 0.264. The molecule has 1 unspecified atom stereocenters. The minimum absolute atomic E-state index is 0.0315. The van der Waals surface area contributed by atoms with E-state index in [0.29, 0.717) is 17.1 Å². The zero-order chi connectivity index (χ0) is 27.1. The Morgan fingerprint density at radius 2 is 1.86 bits per heavy atom. The number of halogens is 5. The van der Waals surface area contributed by atoms with Gasteiger partial charge in [0.15, 0.2) is 0 Å². The van der Waals surface area contributed by atoms with Gasteiger partial charge in [0.05, 0.1) is 22.9 Å². The number of sulfonamides is 1. The molecule has 1 aromatic rings. The predicted molar refractivity (Wildman–Crippen MR) is 135 cm³/mol. The minimum Gasteiger partial charge on any atom is -0.463 e. The molecule has 0 spiro atoms. The van der Waals surface area contributed by atoms with Gasteiger partial charge in [-0.05, 0) is 50.8 Å². The zero-order valence-electron chi connectivity index (χ0n) is 19.1. The molecule has 0 bridgehead atoms. The van der Waals surface area contributed by atoms with Crippen molar-refractivity contribution in [1.82, 2.24) is 0 Å². The Kier molecular flexibility index (Phi) is 11.3. The molecule has 0 saturated heterocycles. The van der Waals surface area contributed by atoms with Crippen LogP contribution < -0.4 is 4.31 Å². The number of rotatable bonds is 10. The van der Waals surface area contributed by atoms with E-state index in [0.717, 1.165) is 18.2 Å². The summed E-state index contributed by atoms with van der Waals surface area (Å²) in [4.78, 5) is 37.5. The summed E-state index contributed by atoms with van der Waals surface area (Å²) < 4.78 is 49.7. The lowest BCUT2D eigenvalue weighted by molar-refractivity contribution is -0.143. The number of carbonyl (C=O) groups excluding carboxylic acids is 3. The molecule has 1 atom stereocenters. The fraction of sp³-hybridized carbons (Fsp3) is 0.500. The number of hydrogen-bond donors (Lipinski definition) is 0. The highest BCUT2D eigenvalue weighted by molar-refractivity contribution is 7.94. The van der Waals surface area contributed by atoms with Crippen LogP contribution in [0.5, 0.6) is 0 Å². The second kappa shape index (κ2) is 13.3. The minimum atomic E-state index is -4.57. The van der Waals surface area contributed by atoms with E-state index in [2.05, 4.69) is 0 Å². The molecule has 1 aromatic carbocycles. The van der Waals surface area contributed by atoms with Crippen LogP contribution in [0.4, 0.5) is 10.1 Å². The monoisotopic (exact) mass is 605 g/mol. The number of allylic oxidation sites excluding steroid dienone is 1. The lowest BCUT2D eigenvalue weighted by Gasteiger charge is -2.30. The van der Waals surface area contributed by atoms with Crippen molar-refractivity contribution in [2.24, 2.45) is 0 Å². The Morgan fingerprint density at radius 1 is 1.17 bits per heavy atom. The lowest BCUT2D eigenvalue weighted by atomic mass is 9.99. The van der Waals surface area contributed by atoms with Gasteiger partial charge < -0.3 is 9.47 Å². The SMILES string of the molecule is CCOC(=O)C1=CCCCC1S(=O)(=O)N(C(=O)CCCC(=O)OCC(Cl)(Cl)Cl)c1ccc(F)cc1Cl. The van der Waals surface area contributed by atoms with Gasteiger partial charge in [-0.2, -0.15) is 0 Å². The van der Waals surface area contributed by atoms with Crippen molar-refractivity contribution >= 4 is 80.0 Å². The number of esters is 2. The maximum atomic E-state index is 13.8. The Labute approximate surface area is 228 Å². The molecule has 200 valence electrons. The van der Waals surface area contributed by atoms with Gasteiger partial charge in [0.1, 0.15) is 17.7 Å². The molecular weight excluding hydrogens is 583 g/mol. The number of alkyl halides is 3. The second-order valence-electron chi connectivity index (χ2n) is 7.73. The van der Waals surface area contributed by atoms with E-state index >= 15 is 0 Å². The first-order chi connectivity index (χ1) is 16.8. The highest BCUT2D eigenvalue weighted by Gasteiger charge is 2.42. The fourth-order valence-corrected chi connectivity index (χ4v) is 6.00. The molecule has 0 radical (unpaired) electrons. The molecule has 0 aromatic heterocycles. The summed E-state index contributed by atoms with van der Waals surface area (Å²) in [6.07, 6.45) is 1.64. The molecule has 36 heavy (non-hydrogen) atoms. The number of hydrogen-bond acceptors (Lipinski definition) is 7. The first-order valence-electron chi connectivity index (χ1n) is 10.9. The third-order valence-electron chi connectivity index (χ3n) is 5.03. The predicted octanol–water partition coefficient (Wildman–Crippen LogP) is 5.27. The maximum Gasteiger partial charge on any atom is 0.335 e. The second-order valence-corrected chi connectivity index (χ2v) is 12.6. The molecule has 1 aliphatic rings. The van der Waals surface area contributed by atoms with Crippen molar-refractivity contribution in [2.45, 2.75) is 54.5 Å².